The first-order valence-corrected chi connectivity index (χ1v) is 8.60. The molecule has 0 saturated heterocycles. The van der Waals surface area contributed by atoms with Gasteiger partial charge >= 0.3 is 0 Å². The number of nitrogens with zero attached hydrogens (tertiary/aromatic N) is 3. The maximum Gasteiger partial charge on any atom is 0.280 e. The maximum absolute atomic E-state index is 12.4. The number of amides is 1. The van der Waals surface area contributed by atoms with E-state index >= 15 is 0 Å². The summed E-state index contributed by atoms with van der Waals surface area (Å²) < 4.78 is 1.01. The monoisotopic (exact) mass is 346 g/mol. The van der Waals surface area contributed by atoms with E-state index in [9.17, 15) is 4.79 Å². The Bertz CT molecular complexity index is 997. The van der Waals surface area contributed by atoms with E-state index < -0.39 is 0 Å². The molecule has 0 aliphatic carbocycles. The number of carbonyl (C=O) groups excluding carboxylic acids is 1. The van der Waals surface area contributed by atoms with Crippen LogP contribution in [-0.4, -0.2) is 20.9 Å². The van der Waals surface area contributed by atoms with Crippen molar-refractivity contribution >= 4 is 27.5 Å². The van der Waals surface area contributed by atoms with Gasteiger partial charge in [-0.05, 0) is 42.0 Å². The number of hydrogen-bond acceptors (Lipinski definition) is 5. The Labute approximate surface area is 148 Å². The minimum Gasteiger partial charge on any atom is -0.346 e. The molecule has 0 aliphatic heterocycles. The van der Waals surface area contributed by atoms with Crippen LogP contribution in [0.2, 0.25) is 0 Å². The highest BCUT2D eigenvalue weighted by Crippen LogP contribution is 2.21. The number of pyridine rings is 2. The molecule has 122 valence electrons. The molecule has 1 amide bonds. The molecule has 1 aromatic carbocycles. The summed E-state index contributed by atoms with van der Waals surface area (Å²) in [7, 11) is 0. The van der Waals surface area contributed by atoms with E-state index in [1.165, 1.54) is 11.3 Å². The molecule has 25 heavy (non-hydrogen) atoms. The van der Waals surface area contributed by atoms with Crippen molar-refractivity contribution in [3.63, 3.8) is 0 Å². The van der Waals surface area contributed by atoms with E-state index in [2.05, 4.69) is 20.3 Å². The zero-order valence-electron chi connectivity index (χ0n) is 13.2. The molecule has 1 N–H and O–H groups in total. The standard InChI is InChI=1S/C19H14N4OS/c24-18(19-23-15-5-1-2-6-17(15)25-19)22-11-13-7-9-21-16(10-13)14-4-3-8-20-12-14/h1-10,12H,11H2,(H,22,24). The zero-order valence-corrected chi connectivity index (χ0v) is 14.0. The van der Waals surface area contributed by atoms with E-state index in [0.717, 1.165) is 27.0 Å². The molecule has 0 aliphatic rings. The lowest BCUT2D eigenvalue weighted by molar-refractivity contribution is 0.0950. The van der Waals surface area contributed by atoms with E-state index in [-0.39, 0.29) is 5.91 Å². The smallest absolute Gasteiger partial charge is 0.280 e. The van der Waals surface area contributed by atoms with Crippen LogP contribution in [0, 0.1) is 0 Å². The van der Waals surface area contributed by atoms with Gasteiger partial charge in [0.15, 0.2) is 5.01 Å². The van der Waals surface area contributed by atoms with Crippen LogP contribution in [-0.2, 0) is 6.54 Å². The Kier molecular flexibility index (Phi) is 4.18. The number of hydrogen-bond donors (Lipinski definition) is 1. The van der Waals surface area contributed by atoms with Crippen LogP contribution in [0.4, 0.5) is 0 Å². The van der Waals surface area contributed by atoms with Gasteiger partial charge in [-0.15, -0.1) is 11.3 Å². The fourth-order valence-corrected chi connectivity index (χ4v) is 3.37. The minimum atomic E-state index is -0.166. The van der Waals surface area contributed by atoms with E-state index in [4.69, 9.17) is 0 Å². The lowest BCUT2D eigenvalue weighted by Gasteiger charge is -2.05. The number of nitrogens with one attached hydrogen (secondary N) is 1. The second-order valence-corrected chi connectivity index (χ2v) is 6.49. The highest BCUT2D eigenvalue weighted by Gasteiger charge is 2.11. The highest BCUT2D eigenvalue weighted by atomic mass is 32.1. The second kappa shape index (κ2) is 6.78. The summed E-state index contributed by atoms with van der Waals surface area (Å²) in [5.41, 5.74) is 3.60. The van der Waals surface area contributed by atoms with Crippen molar-refractivity contribution in [2.24, 2.45) is 0 Å². The predicted molar refractivity (Wildman–Crippen MR) is 98.3 cm³/mol. The molecule has 3 heterocycles. The Morgan fingerprint density at radius 3 is 2.84 bits per heavy atom. The lowest BCUT2D eigenvalue weighted by atomic mass is 10.1. The summed E-state index contributed by atoms with van der Waals surface area (Å²) in [5.74, 6) is -0.166. The number of aromatic nitrogens is 3. The molecule has 0 saturated carbocycles. The molecule has 0 bridgehead atoms. The van der Waals surface area contributed by atoms with Crippen LogP contribution < -0.4 is 5.32 Å². The van der Waals surface area contributed by atoms with Crippen LogP contribution >= 0.6 is 11.3 Å². The third-order valence-corrected chi connectivity index (χ3v) is 4.76. The summed E-state index contributed by atoms with van der Waals surface area (Å²) in [6.45, 7) is 0.421. The summed E-state index contributed by atoms with van der Waals surface area (Å²) in [6.07, 6.45) is 5.24. The Morgan fingerprint density at radius 1 is 1.08 bits per heavy atom. The number of rotatable bonds is 4. The third-order valence-electron chi connectivity index (χ3n) is 3.72. The van der Waals surface area contributed by atoms with Gasteiger partial charge in [-0.25, -0.2) is 4.98 Å². The van der Waals surface area contributed by atoms with Gasteiger partial charge in [0.25, 0.3) is 5.91 Å². The van der Waals surface area contributed by atoms with Crippen LogP contribution in [0.15, 0.2) is 67.1 Å². The van der Waals surface area contributed by atoms with Gasteiger partial charge in [0, 0.05) is 30.7 Å². The fourth-order valence-electron chi connectivity index (χ4n) is 2.48. The Balaban J connectivity index is 1.48. The molecule has 0 atom stereocenters. The predicted octanol–water partition coefficient (Wildman–Crippen LogP) is 3.68. The third kappa shape index (κ3) is 3.39. The van der Waals surface area contributed by atoms with E-state index in [1.54, 1.807) is 18.6 Å². The van der Waals surface area contributed by atoms with Crippen molar-refractivity contribution in [1.29, 1.82) is 0 Å². The van der Waals surface area contributed by atoms with Crippen molar-refractivity contribution < 1.29 is 4.79 Å². The van der Waals surface area contributed by atoms with Gasteiger partial charge in [0.05, 0.1) is 15.9 Å². The van der Waals surface area contributed by atoms with Crippen LogP contribution in [0.25, 0.3) is 21.5 Å². The van der Waals surface area contributed by atoms with Crippen molar-refractivity contribution in [2.75, 3.05) is 0 Å². The van der Waals surface area contributed by atoms with E-state index in [1.807, 2.05) is 48.5 Å². The van der Waals surface area contributed by atoms with Crippen LogP contribution in [0.1, 0.15) is 15.4 Å². The van der Waals surface area contributed by atoms with Crippen LogP contribution in [0.3, 0.4) is 0 Å². The summed E-state index contributed by atoms with van der Waals surface area (Å²) >= 11 is 1.40. The normalized spacial score (nSPS) is 10.7. The summed E-state index contributed by atoms with van der Waals surface area (Å²) in [4.78, 5) is 25.2. The maximum atomic E-state index is 12.4. The van der Waals surface area contributed by atoms with Crippen molar-refractivity contribution in [2.45, 2.75) is 6.54 Å². The number of fused-ring (bicyclic) bond motifs is 1. The topological polar surface area (TPSA) is 67.8 Å². The van der Waals surface area contributed by atoms with Crippen molar-refractivity contribution in [3.05, 3.63) is 77.7 Å². The van der Waals surface area contributed by atoms with Gasteiger partial charge in [-0.3, -0.25) is 14.8 Å². The minimum absolute atomic E-state index is 0.166. The molecule has 4 aromatic rings. The SMILES string of the molecule is O=C(NCc1ccnc(-c2cccnc2)c1)c1nc2ccccc2s1. The Morgan fingerprint density at radius 2 is 2.00 bits per heavy atom. The second-order valence-electron chi connectivity index (χ2n) is 5.46. The van der Waals surface area contributed by atoms with Crippen LogP contribution in [0.5, 0.6) is 0 Å². The molecular weight excluding hydrogens is 332 g/mol. The van der Waals surface area contributed by atoms with Crippen molar-refractivity contribution in [1.82, 2.24) is 20.3 Å². The number of thiazole rings is 1. The van der Waals surface area contributed by atoms with Gasteiger partial charge in [-0.2, -0.15) is 0 Å². The zero-order chi connectivity index (χ0) is 17.1. The van der Waals surface area contributed by atoms with E-state index in [0.29, 0.717) is 11.6 Å². The molecule has 5 nitrogen and oxygen atoms in total. The van der Waals surface area contributed by atoms with Gasteiger partial charge in [0.1, 0.15) is 0 Å². The lowest BCUT2D eigenvalue weighted by Crippen LogP contribution is -2.22. The largest absolute Gasteiger partial charge is 0.346 e. The number of para-hydroxylation sites is 1. The molecular formula is C19H14N4OS. The highest BCUT2D eigenvalue weighted by molar-refractivity contribution is 7.20. The summed E-state index contributed by atoms with van der Waals surface area (Å²) in [6, 6.07) is 15.4. The molecule has 0 unspecified atom stereocenters. The molecule has 0 fully saturated rings. The quantitative estimate of drug-likeness (QED) is 0.612. The summed E-state index contributed by atoms with van der Waals surface area (Å²) in [5, 5.41) is 3.40. The molecule has 0 radical (unpaired) electrons. The molecule has 3 aromatic heterocycles. The molecule has 6 heteroatoms. The first kappa shape index (κ1) is 15.4. The Hall–Kier alpha value is -3.12. The molecule has 4 rings (SSSR count). The first-order valence-electron chi connectivity index (χ1n) is 7.79. The fraction of sp³-hybridized carbons (Fsp3) is 0.0526. The van der Waals surface area contributed by atoms with Gasteiger partial charge in [-0.1, -0.05) is 12.1 Å². The average Bonchev–Trinajstić information content (AvgIpc) is 3.11. The van der Waals surface area contributed by atoms with Gasteiger partial charge < -0.3 is 5.32 Å². The number of carbonyl (C=O) groups is 1. The average molecular weight is 346 g/mol. The molecule has 0 spiro atoms. The number of benzene rings is 1. The van der Waals surface area contributed by atoms with Gasteiger partial charge in [0.2, 0.25) is 0 Å². The first-order chi connectivity index (χ1) is 12.3. The van der Waals surface area contributed by atoms with Crippen molar-refractivity contribution in [3.8, 4) is 11.3 Å².